The summed E-state index contributed by atoms with van der Waals surface area (Å²) in [4.78, 5) is 26.9. The molecule has 0 radical (unpaired) electrons. The maximum atomic E-state index is 12.9. The highest BCUT2D eigenvalue weighted by molar-refractivity contribution is 5.96. The van der Waals surface area contributed by atoms with E-state index in [9.17, 15) is 4.79 Å². The highest BCUT2D eigenvalue weighted by Gasteiger charge is 2.27. The van der Waals surface area contributed by atoms with Crippen molar-refractivity contribution in [1.29, 1.82) is 0 Å². The summed E-state index contributed by atoms with van der Waals surface area (Å²) in [5.41, 5.74) is 7.92. The van der Waals surface area contributed by atoms with Crippen molar-refractivity contribution in [1.82, 2.24) is 15.3 Å². The van der Waals surface area contributed by atoms with Gasteiger partial charge in [0.1, 0.15) is 18.3 Å². The predicted molar refractivity (Wildman–Crippen MR) is 142 cm³/mol. The lowest BCUT2D eigenvalue weighted by Crippen LogP contribution is -2.38. The van der Waals surface area contributed by atoms with Gasteiger partial charge in [0.25, 0.3) is 5.91 Å². The Bertz CT molecular complexity index is 997. The average Bonchev–Trinajstić information content (AvgIpc) is 3.28. The Balaban J connectivity index is 0.00000204. The first-order valence-corrected chi connectivity index (χ1v) is 11.7. The van der Waals surface area contributed by atoms with Crippen molar-refractivity contribution in [2.75, 3.05) is 19.0 Å². The Morgan fingerprint density at radius 1 is 1.12 bits per heavy atom. The number of fused-ring (bicyclic) bond motifs is 1. The van der Waals surface area contributed by atoms with E-state index >= 15 is 0 Å². The molecule has 34 heavy (non-hydrogen) atoms. The van der Waals surface area contributed by atoms with Gasteiger partial charge in [-0.25, -0.2) is 9.97 Å². The number of amidine groups is 1. The molecule has 2 atom stereocenters. The van der Waals surface area contributed by atoms with Crippen LogP contribution in [0.25, 0.3) is 10.9 Å². The maximum absolute atomic E-state index is 12.9. The van der Waals surface area contributed by atoms with Crippen LogP contribution in [0.5, 0.6) is 0 Å². The van der Waals surface area contributed by atoms with Crippen LogP contribution in [-0.4, -0.2) is 53.6 Å². The molecule has 0 aliphatic heterocycles. The van der Waals surface area contributed by atoms with Crippen molar-refractivity contribution < 1.29 is 9.53 Å². The zero-order valence-corrected chi connectivity index (χ0v) is 21.5. The number of hydrogen-bond acceptors (Lipinski definition) is 6. The number of aliphatic imine (C=N–C) groups is 1. The van der Waals surface area contributed by atoms with Crippen LogP contribution in [0, 0.1) is 6.92 Å². The number of benzene rings is 1. The van der Waals surface area contributed by atoms with Gasteiger partial charge in [-0.1, -0.05) is 37.3 Å². The minimum absolute atomic E-state index is 0. The second-order valence-corrected chi connectivity index (χ2v) is 9.03. The first-order valence-electron chi connectivity index (χ1n) is 11.7. The Morgan fingerprint density at radius 2 is 1.82 bits per heavy atom. The lowest BCUT2D eigenvalue weighted by atomic mass is 9.90. The summed E-state index contributed by atoms with van der Waals surface area (Å²) in [5, 5.41) is 7.63. The summed E-state index contributed by atoms with van der Waals surface area (Å²) < 4.78 is 5.12. The van der Waals surface area contributed by atoms with Crippen LogP contribution >= 0.6 is 24.8 Å². The normalized spacial score (nSPS) is 20.9. The van der Waals surface area contributed by atoms with Gasteiger partial charge in [-0.05, 0) is 44.7 Å². The van der Waals surface area contributed by atoms with Gasteiger partial charge in [-0.2, -0.15) is 0 Å². The molecule has 0 spiro atoms. The molecule has 2 aromatic rings. The van der Waals surface area contributed by atoms with Crippen molar-refractivity contribution in [3.8, 4) is 0 Å². The number of nitrogens with two attached hydrogens (primary N) is 1. The zero-order chi connectivity index (χ0) is 22.5. The van der Waals surface area contributed by atoms with Gasteiger partial charge >= 0.3 is 0 Å². The van der Waals surface area contributed by atoms with Gasteiger partial charge in [0.05, 0.1) is 11.6 Å². The van der Waals surface area contributed by atoms with E-state index in [2.05, 4.69) is 26.7 Å². The minimum atomic E-state index is -0.204. The third-order valence-corrected chi connectivity index (χ3v) is 6.42. The first kappa shape index (κ1) is 28.1. The van der Waals surface area contributed by atoms with E-state index in [0.717, 1.165) is 67.8 Å². The standard InChI is InChI=1S/C24H34N6O2.2ClH/c1-15-11-12-18-17(13-15)22(30-23(28-18)24(31)26-16-7-3-4-8-16)29-20-10-6-5-9-19(20)27-21(25)14-32-2;;/h11-13,16,19-20H,3-10,14H2,1-2H3,(H2,25,27)(H,26,31)(H,28,29,30);2*1H/t19-,20+;;/m1../s1. The zero-order valence-electron chi connectivity index (χ0n) is 19.9. The van der Waals surface area contributed by atoms with E-state index in [1.54, 1.807) is 7.11 Å². The summed E-state index contributed by atoms with van der Waals surface area (Å²) in [6.07, 6.45) is 8.52. The molecule has 2 aliphatic carbocycles. The number of hydrogen-bond donors (Lipinski definition) is 3. The predicted octanol–water partition coefficient (Wildman–Crippen LogP) is 4.18. The molecular formula is C24H36Cl2N6O2. The second kappa shape index (κ2) is 13.1. The highest BCUT2D eigenvalue weighted by Crippen LogP contribution is 2.28. The van der Waals surface area contributed by atoms with E-state index in [4.69, 9.17) is 15.5 Å². The molecule has 10 heteroatoms. The molecule has 1 aromatic carbocycles. The third kappa shape index (κ3) is 6.93. The van der Waals surface area contributed by atoms with E-state index in [1.807, 2.05) is 19.1 Å². The highest BCUT2D eigenvalue weighted by atomic mass is 35.5. The number of aromatic nitrogens is 2. The molecule has 188 valence electrons. The summed E-state index contributed by atoms with van der Waals surface area (Å²) >= 11 is 0. The fourth-order valence-corrected chi connectivity index (χ4v) is 4.78. The molecule has 0 bridgehead atoms. The van der Waals surface area contributed by atoms with Gasteiger partial charge in [-0.15, -0.1) is 24.8 Å². The smallest absolute Gasteiger partial charge is 0.289 e. The van der Waals surface area contributed by atoms with Crippen molar-refractivity contribution in [2.45, 2.75) is 76.4 Å². The minimum Gasteiger partial charge on any atom is -0.386 e. The molecule has 0 saturated heterocycles. The van der Waals surface area contributed by atoms with Crippen LogP contribution in [-0.2, 0) is 4.74 Å². The monoisotopic (exact) mass is 510 g/mol. The van der Waals surface area contributed by atoms with Crippen molar-refractivity contribution in [3.63, 3.8) is 0 Å². The Hall–Kier alpha value is -2.16. The number of aryl methyl sites for hydroxylation is 1. The van der Waals surface area contributed by atoms with E-state index in [-0.39, 0.29) is 54.7 Å². The number of nitrogens with zero attached hydrogens (tertiary/aromatic N) is 3. The number of rotatable bonds is 7. The molecular weight excluding hydrogens is 475 g/mol. The van der Waals surface area contributed by atoms with Gasteiger partial charge in [0, 0.05) is 24.6 Å². The Morgan fingerprint density at radius 3 is 2.56 bits per heavy atom. The SMILES string of the molecule is COCC(N)=N[C@@H]1CCCC[C@@H]1Nc1nc(C(=O)NC2CCCC2)nc2ccc(C)cc12.Cl.Cl. The van der Waals surface area contributed by atoms with Crippen molar-refractivity contribution in [3.05, 3.63) is 29.6 Å². The van der Waals surface area contributed by atoms with Crippen LogP contribution in [0.15, 0.2) is 23.2 Å². The molecule has 4 rings (SSSR count). The fraction of sp³-hybridized carbons (Fsp3) is 0.583. The number of halogens is 2. The Labute approximate surface area is 213 Å². The van der Waals surface area contributed by atoms with E-state index in [0.29, 0.717) is 18.3 Å². The Kier molecular flexibility index (Phi) is 10.8. The molecule has 1 aromatic heterocycles. The quantitative estimate of drug-likeness (QED) is 0.380. The molecule has 2 fully saturated rings. The molecule has 8 nitrogen and oxygen atoms in total. The van der Waals surface area contributed by atoms with Crippen molar-refractivity contribution >= 4 is 53.3 Å². The number of nitrogens with one attached hydrogen (secondary N) is 2. The van der Waals surface area contributed by atoms with E-state index < -0.39 is 0 Å². The number of carbonyl (C=O) groups is 1. The summed E-state index contributed by atoms with van der Waals surface area (Å²) in [5.74, 6) is 1.20. The summed E-state index contributed by atoms with van der Waals surface area (Å²) in [7, 11) is 1.62. The van der Waals surface area contributed by atoms with Crippen molar-refractivity contribution in [2.24, 2.45) is 10.7 Å². The molecule has 1 amide bonds. The molecule has 0 unspecified atom stereocenters. The van der Waals surface area contributed by atoms with Crippen LogP contribution < -0.4 is 16.4 Å². The second-order valence-electron chi connectivity index (χ2n) is 9.03. The lowest BCUT2D eigenvalue weighted by Gasteiger charge is -2.30. The molecule has 4 N–H and O–H groups in total. The summed E-state index contributed by atoms with van der Waals surface area (Å²) in [6, 6.07) is 6.38. The van der Waals surface area contributed by atoms with Crippen LogP contribution in [0.1, 0.15) is 67.5 Å². The topological polar surface area (TPSA) is 115 Å². The molecule has 2 aliphatic rings. The molecule has 2 saturated carbocycles. The van der Waals surface area contributed by atoms with Crippen LogP contribution in [0.2, 0.25) is 0 Å². The largest absolute Gasteiger partial charge is 0.386 e. The maximum Gasteiger partial charge on any atom is 0.289 e. The summed E-state index contributed by atoms with van der Waals surface area (Å²) in [6.45, 7) is 2.37. The number of ether oxygens (including phenoxy) is 1. The lowest BCUT2D eigenvalue weighted by molar-refractivity contribution is 0.0928. The fourth-order valence-electron chi connectivity index (χ4n) is 4.78. The number of methoxy groups -OCH3 is 1. The van der Waals surface area contributed by atoms with Gasteiger partial charge in [0.2, 0.25) is 5.82 Å². The number of anilines is 1. The van der Waals surface area contributed by atoms with Gasteiger partial charge in [-0.3, -0.25) is 9.79 Å². The van der Waals surface area contributed by atoms with Crippen LogP contribution in [0.4, 0.5) is 5.82 Å². The first-order chi connectivity index (χ1) is 15.5. The van der Waals surface area contributed by atoms with Crippen LogP contribution in [0.3, 0.4) is 0 Å². The average molecular weight is 511 g/mol. The third-order valence-electron chi connectivity index (χ3n) is 6.42. The molecule has 1 heterocycles. The van der Waals surface area contributed by atoms with E-state index in [1.165, 1.54) is 0 Å². The van der Waals surface area contributed by atoms with Gasteiger partial charge < -0.3 is 21.1 Å². The van der Waals surface area contributed by atoms with Gasteiger partial charge in [0.15, 0.2) is 0 Å². The number of carbonyl (C=O) groups excluding carboxylic acids is 1. The number of amides is 1.